The molecule has 1 rings (SSSR count). The number of rotatable bonds is 5. The minimum Gasteiger partial charge on any atom is -0.391 e. The van der Waals surface area contributed by atoms with E-state index in [0.717, 1.165) is 0 Å². The molecule has 1 heterocycles. The van der Waals surface area contributed by atoms with Gasteiger partial charge in [0.2, 0.25) is 10.0 Å². The summed E-state index contributed by atoms with van der Waals surface area (Å²) in [5, 5.41) is 10.7. The van der Waals surface area contributed by atoms with Crippen LogP contribution in [0, 0.1) is 12.3 Å². The molecule has 0 saturated carbocycles. The third-order valence-electron chi connectivity index (χ3n) is 2.09. The van der Waals surface area contributed by atoms with Crippen molar-refractivity contribution < 1.29 is 13.5 Å². The van der Waals surface area contributed by atoms with Crippen LogP contribution in [0.3, 0.4) is 0 Å². The predicted octanol–water partition coefficient (Wildman–Crippen LogP) is 0.884. The van der Waals surface area contributed by atoms with E-state index < -0.39 is 10.0 Å². The van der Waals surface area contributed by atoms with E-state index in [1.54, 1.807) is 12.3 Å². The van der Waals surface area contributed by atoms with Crippen molar-refractivity contribution in [1.82, 2.24) is 4.31 Å². The normalized spacial score (nSPS) is 11.6. The Hall–Kier alpha value is -0.870. The molecule has 1 aromatic rings. The minimum atomic E-state index is -3.57. The lowest BCUT2D eigenvalue weighted by atomic mass is 10.5. The van der Waals surface area contributed by atoms with Gasteiger partial charge in [0.1, 0.15) is 0 Å². The van der Waals surface area contributed by atoms with Gasteiger partial charge in [-0.2, -0.15) is 4.31 Å². The van der Waals surface area contributed by atoms with Crippen LogP contribution in [0.25, 0.3) is 0 Å². The van der Waals surface area contributed by atoms with Gasteiger partial charge in [0.05, 0.1) is 18.0 Å². The van der Waals surface area contributed by atoms with Crippen LogP contribution in [0.4, 0.5) is 0 Å². The Morgan fingerprint density at radius 3 is 2.81 bits per heavy atom. The molecule has 1 aromatic heterocycles. The van der Waals surface area contributed by atoms with Gasteiger partial charge in [0.15, 0.2) is 0 Å². The lowest BCUT2D eigenvalue weighted by molar-refractivity contribution is 0.282. The van der Waals surface area contributed by atoms with Crippen LogP contribution in [0.15, 0.2) is 16.3 Å². The highest BCUT2D eigenvalue weighted by Gasteiger charge is 2.25. The molecule has 0 aliphatic rings. The Labute approximate surface area is 99.6 Å². The fourth-order valence-corrected chi connectivity index (χ4v) is 3.91. The second kappa shape index (κ2) is 5.46. The molecule has 6 heteroatoms. The highest BCUT2D eigenvalue weighted by atomic mass is 32.2. The molecule has 0 aromatic carbocycles. The van der Waals surface area contributed by atoms with E-state index in [1.807, 2.05) is 0 Å². The molecule has 88 valence electrons. The number of hydrogen-bond acceptors (Lipinski definition) is 4. The van der Waals surface area contributed by atoms with Crippen molar-refractivity contribution in [3.8, 4) is 12.3 Å². The van der Waals surface area contributed by atoms with Gasteiger partial charge in [-0.25, -0.2) is 8.42 Å². The molecule has 1 N–H and O–H groups in total. The summed E-state index contributed by atoms with van der Waals surface area (Å²) in [6, 6.07) is 1.49. The molecule has 0 atom stereocenters. The van der Waals surface area contributed by atoms with Crippen LogP contribution < -0.4 is 0 Å². The molecule has 0 unspecified atom stereocenters. The van der Waals surface area contributed by atoms with Crippen LogP contribution in [0.5, 0.6) is 0 Å². The van der Waals surface area contributed by atoms with Gasteiger partial charge in [-0.1, -0.05) is 12.8 Å². The maximum atomic E-state index is 12.1. The summed E-state index contributed by atoms with van der Waals surface area (Å²) in [7, 11) is -3.57. The molecule has 16 heavy (non-hydrogen) atoms. The van der Waals surface area contributed by atoms with Gasteiger partial charge in [-0.3, -0.25) is 0 Å². The number of aliphatic hydroxyl groups is 1. The van der Waals surface area contributed by atoms with Gasteiger partial charge >= 0.3 is 0 Å². The lowest BCUT2D eigenvalue weighted by Gasteiger charge is -2.17. The second-order valence-corrected chi connectivity index (χ2v) is 5.91. The number of terminal acetylenes is 1. The molecule has 0 spiro atoms. The number of nitrogens with zero attached hydrogens (tertiary/aromatic N) is 1. The van der Waals surface area contributed by atoms with Gasteiger partial charge in [0, 0.05) is 11.4 Å². The number of thiophene rings is 1. The fraction of sp³-hybridized carbons (Fsp3) is 0.400. The highest BCUT2D eigenvalue weighted by molar-refractivity contribution is 7.89. The van der Waals surface area contributed by atoms with E-state index in [-0.39, 0.29) is 18.0 Å². The molecule has 0 radical (unpaired) electrons. The monoisotopic (exact) mass is 259 g/mol. The van der Waals surface area contributed by atoms with E-state index in [2.05, 4.69) is 5.92 Å². The zero-order valence-corrected chi connectivity index (χ0v) is 10.5. The Morgan fingerprint density at radius 1 is 1.62 bits per heavy atom. The van der Waals surface area contributed by atoms with Crippen molar-refractivity contribution in [2.75, 3.05) is 13.1 Å². The standard InChI is InChI=1S/C10H13NO3S2/c1-3-6-11(4-2)16(13,14)10-5-7-15-9(10)8-12/h1,5,7,12H,4,6,8H2,2H3. The smallest absolute Gasteiger partial charge is 0.245 e. The van der Waals surface area contributed by atoms with Crippen molar-refractivity contribution in [2.45, 2.75) is 18.4 Å². The van der Waals surface area contributed by atoms with Gasteiger partial charge in [-0.15, -0.1) is 17.8 Å². The average Bonchev–Trinajstić information content (AvgIpc) is 2.74. The van der Waals surface area contributed by atoms with Gasteiger partial charge in [-0.05, 0) is 11.4 Å². The van der Waals surface area contributed by atoms with E-state index in [1.165, 1.54) is 21.7 Å². The van der Waals surface area contributed by atoms with Crippen molar-refractivity contribution in [3.63, 3.8) is 0 Å². The molecule has 0 saturated heterocycles. The molecule has 0 amide bonds. The molecule has 0 aliphatic heterocycles. The maximum Gasteiger partial charge on any atom is 0.245 e. The molecule has 0 aliphatic carbocycles. The van der Waals surface area contributed by atoms with Gasteiger partial charge < -0.3 is 5.11 Å². The number of hydrogen-bond donors (Lipinski definition) is 1. The van der Waals surface area contributed by atoms with Crippen LogP contribution in [-0.4, -0.2) is 30.9 Å². The Bertz CT molecular complexity index is 484. The molecule has 0 fully saturated rings. The summed E-state index contributed by atoms with van der Waals surface area (Å²) < 4.78 is 25.4. The molecule has 4 nitrogen and oxygen atoms in total. The topological polar surface area (TPSA) is 57.6 Å². The summed E-state index contributed by atoms with van der Waals surface area (Å²) >= 11 is 1.21. The molecule has 0 bridgehead atoms. The lowest BCUT2D eigenvalue weighted by Crippen LogP contribution is -2.31. The van der Waals surface area contributed by atoms with E-state index in [9.17, 15) is 8.42 Å². The van der Waals surface area contributed by atoms with Gasteiger partial charge in [0.25, 0.3) is 0 Å². The van der Waals surface area contributed by atoms with E-state index in [4.69, 9.17) is 11.5 Å². The highest BCUT2D eigenvalue weighted by Crippen LogP contribution is 2.24. The van der Waals surface area contributed by atoms with E-state index in [0.29, 0.717) is 11.4 Å². The predicted molar refractivity (Wildman–Crippen MR) is 63.5 cm³/mol. The third-order valence-corrected chi connectivity index (χ3v) is 5.13. The van der Waals surface area contributed by atoms with Crippen LogP contribution >= 0.6 is 11.3 Å². The van der Waals surface area contributed by atoms with Crippen molar-refractivity contribution in [2.24, 2.45) is 0 Å². The Balaban J connectivity index is 3.15. The summed E-state index contributed by atoms with van der Waals surface area (Å²) in [6.07, 6.45) is 5.12. The zero-order valence-electron chi connectivity index (χ0n) is 8.88. The maximum absolute atomic E-state index is 12.1. The number of sulfonamides is 1. The Morgan fingerprint density at radius 2 is 2.31 bits per heavy atom. The van der Waals surface area contributed by atoms with E-state index >= 15 is 0 Å². The summed E-state index contributed by atoms with van der Waals surface area (Å²) in [5.41, 5.74) is 0. The summed E-state index contributed by atoms with van der Waals surface area (Å²) in [6.45, 7) is 1.80. The summed E-state index contributed by atoms with van der Waals surface area (Å²) in [5.74, 6) is 2.31. The largest absolute Gasteiger partial charge is 0.391 e. The van der Waals surface area contributed by atoms with Crippen molar-refractivity contribution >= 4 is 21.4 Å². The first-order valence-electron chi connectivity index (χ1n) is 4.68. The first-order chi connectivity index (χ1) is 7.57. The van der Waals surface area contributed by atoms with Crippen LogP contribution in [0.1, 0.15) is 11.8 Å². The Kier molecular flexibility index (Phi) is 4.50. The first kappa shape index (κ1) is 13.2. The molecular weight excluding hydrogens is 246 g/mol. The minimum absolute atomic E-state index is 0.0412. The fourth-order valence-electron chi connectivity index (χ4n) is 1.28. The quantitative estimate of drug-likeness (QED) is 0.799. The average molecular weight is 259 g/mol. The zero-order chi connectivity index (χ0) is 12.2. The first-order valence-corrected chi connectivity index (χ1v) is 7.00. The van der Waals surface area contributed by atoms with Crippen molar-refractivity contribution in [1.29, 1.82) is 0 Å². The third kappa shape index (κ3) is 2.44. The summed E-state index contributed by atoms with van der Waals surface area (Å²) in [4.78, 5) is 0.590. The SMILES string of the molecule is C#CCN(CC)S(=O)(=O)c1ccsc1CO. The van der Waals surface area contributed by atoms with Crippen LogP contribution in [0.2, 0.25) is 0 Å². The van der Waals surface area contributed by atoms with Crippen LogP contribution in [-0.2, 0) is 16.6 Å². The molecular formula is C10H13NO3S2. The number of aliphatic hydroxyl groups excluding tert-OH is 1. The second-order valence-electron chi connectivity index (χ2n) is 3.00. The van der Waals surface area contributed by atoms with Crippen molar-refractivity contribution in [3.05, 3.63) is 16.3 Å².